The molecular formula is C22H42IN7O2. The molecular weight excluding hydrogens is 521 g/mol. The third kappa shape index (κ3) is 8.42. The third-order valence-electron chi connectivity index (χ3n) is 6.80. The van der Waals surface area contributed by atoms with Gasteiger partial charge in [-0.25, -0.2) is 4.99 Å². The highest BCUT2D eigenvalue weighted by atomic mass is 127. The Labute approximate surface area is 209 Å². The first-order valence-electron chi connectivity index (χ1n) is 11.9. The molecule has 0 amide bonds. The van der Waals surface area contributed by atoms with E-state index in [0.717, 1.165) is 76.4 Å². The first-order chi connectivity index (χ1) is 15.1. The van der Waals surface area contributed by atoms with E-state index in [-0.39, 0.29) is 36.0 Å². The fourth-order valence-corrected chi connectivity index (χ4v) is 4.57. The molecule has 3 N–H and O–H groups in total. The molecule has 0 spiro atoms. The number of ether oxygens (including phenoxy) is 1. The first kappa shape index (κ1) is 27.3. The Kier molecular flexibility index (Phi) is 12.2. The maximum atomic E-state index is 9.63. The van der Waals surface area contributed by atoms with Gasteiger partial charge in [-0.3, -0.25) is 4.90 Å². The number of hydrogen-bond acceptors (Lipinski definition) is 6. The van der Waals surface area contributed by atoms with Crippen LogP contribution in [0.3, 0.4) is 0 Å². The van der Waals surface area contributed by atoms with Crippen LogP contribution in [0.2, 0.25) is 0 Å². The smallest absolute Gasteiger partial charge is 0.191 e. The van der Waals surface area contributed by atoms with Crippen molar-refractivity contribution in [2.24, 2.45) is 17.5 Å². The maximum absolute atomic E-state index is 9.63. The molecule has 32 heavy (non-hydrogen) atoms. The van der Waals surface area contributed by atoms with Gasteiger partial charge in [-0.1, -0.05) is 19.3 Å². The summed E-state index contributed by atoms with van der Waals surface area (Å²) in [5.41, 5.74) is 0.171. The molecule has 184 valence electrons. The van der Waals surface area contributed by atoms with Crippen molar-refractivity contribution in [1.82, 2.24) is 30.3 Å². The SMILES string of the molecule is Cc1nnc(CN=C(NCCCN2CCOCC2)NCC2(CCO)CCCCC2)n1C.I. The van der Waals surface area contributed by atoms with Crippen LogP contribution in [0.15, 0.2) is 4.99 Å². The van der Waals surface area contributed by atoms with Crippen molar-refractivity contribution >= 4 is 29.9 Å². The standard InChI is InChI=1S/C22H41N7O2.HI/c1-19-26-27-20(28(19)2)17-24-21(23-10-6-11-29-12-15-31-16-13-29)25-18-22(9-14-30)7-4-3-5-8-22;/h30H,3-18H2,1-2H3,(H2,23,24,25);1H. The summed E-state index contributed by atoms with van der Waals surface area (Å²) in [6, 6.07) is 0. The third-order valence-corrected chi connectivity index (χ3v) is 6.80. The van der Waals surface area contributed by atoms with Crippen LogP contribution < -0.4 is 10.6 Å². The molecule has 0 aromatic carbocycles. The van der Waals surface area contributed by atoms with Crippen molar-refractivity contribution in [3.63, 3.8) is 0 Å². The molecule has 1 aromatic heterocycles. The topological polar surface area (TPSA) is 99.8 Å². The molecule has 10 heteroatoms. The summed E-state index contributed by atoms with van der Waals surface area (Å²) in [6.07, 6.45) is 8.07. The average molecular weight is 564 g/mol. The van der Waals surface area contributed by atoms with Gasteiger partial charge < -0.3 is 25.0 Å². The van der Waals surface area contributed by atoms with Gasteiger partial charge in [-0.05, 0) is 44.6 Å². The molecule has 2 heterocycles. The summed E-state index contributed by atoms with van der Waals surface area (Å²) in [6.45, 7) is 9.20. The minimum Gasteiger partial charge on any atom is -0.396 e. The molecule has 3 rings (SSSR count). The molecule has 1 aliphatic carbocycles. The minimum atomic E-state index is 0. The highest BCUT2D eigenvalue weighted by molar-refractivity contribution is 14.0. The molecule has 1 saturated carbocycles. The molecule has 1 aliphatic heterocycles. The molecule has 1 aromatic rings. The van der Waals surface area contributed by atoms with Gasteiger partial charge in [0, 0.05) is 39.8 Å². The zero-order valence-electron chi connectivity index (χ0n) is 19.8. The number of aliphatic imine (C=N–C) groups is 1. The van der Waals surface area contributed by atoms with E-state index in [9.17, 15) is 5.11 Å². The highest BCUT2D eigenvalue weighted by Crippen LogP contribution is 2.38. The number of nitrogens with one attached hydrogen (secondary N) is 2. The Morgan fingerprint density at radius 2 is 1.91 bits per heavy atom. The molecule has 1 saturated heterocycles. The van der Waals surface area contributed by atoms with Gasteiger partial charge >= 0.3 is 0 Å². The quantitative estimate of drug-likeness (QED) is 0.173. The lowest BCUT2D eigenvalue weighted by Crippen LogP contribution is -2.45. The molecule has 2 fully saturated rings. The van der Waals surface area contributed by atoms with Gasteiger partial charge in [-0.15, -0.1) is 34.2 Å². The Morgan fingerprint density at radius 3 is 2.56 bits per heavy atom. The average Bonchev–Trinajstić information content (AvgIpc) is 3.12. The Hall–Kier alpha value is -0.980. The fraction of sp³-hybridized carbons (Fsp3) is 0.864. The summed E-state index contributed by atoms with van der Waals surface area (Å²) in [4.78, 5) is 7.26. The number of aryl methyl sites for hydroxylation is 1. The van der Waals surface area contributed by atoms with Crippen LogP contribution >= 0.6 is 24.0 Å². The Bertz CT molecular complexity index is 680. The van der Waals surface area contributed by atoms with E-state index in [0.29, 0.717) is 6.54 Å². The Morgan fingerprint density at radius 1 is 1.16 bits per heavy atom. The van der Waals surface area contributed by atoms with Crippen molar-refractivity contribution in [2.45, 2.75) is 58.4 Å². The van der Waals surface area contributed by atoms with Crippen LogP contribution in [0, 0.1) is 12.3 Å². The van der Waals surface area contributed by atoms with Gasteiger partial charge in [-0.2, -0.15) is 0 Å². The Balaban J connectivity index is 0.00000363. The molecule has 0 bridgehead atoms. The first-order valence-corrected chi connectivity index (χ1v) is 11.9. The highest BCUT2D eigenvalue weighted by Gasteiger charge is 2.31. The van der Waals surface area contributed by atoms with Crippen LogP contribution in [0.1, 0.15) is 56.6 Å². The number of guanidine groups is 1. The second kappa shape index (κ2) is 14.3. The zero-order valence-corrected chi connectivity index (χ0v) is 22.1. The van der Waals surface area contributed by atoms with Crippen molar-refractivity contribution in [3.8, 4) is 0 Å². The predicted molar refractivity (Wildman–Crippen MR) is 137 cm³/mol. The molecule has 2 aliphatic rings. The van der Waals surface area contributed by atoms with Gasteiger partial charge in [0.2, 0.25) is 0 Å². The maximum Gasteiger partial charge on any atom is 0.191 e. The van der Waals surface area contributed by atoms with Gasteiger partial charge in [0.1, 0.15) is 12.4 Å². The summed E-state index contributed by atoms with van der Waals surface area (Å²) >= 11 is 0. The molecule has 9 nitrogen and oxygen atoms in total. The van der Waals surface area contributed by atoms with E-state index in [1.54, 1.807) is 0 Å². The summed E-state index contributed by atoms with van der Waals surface area (Å²) < 4.78 is 7.41. The predicted octanol–water partition coefficient (Wildman–Crippen LogP) is 1.83. The lowest BCUT2D eigenvalue weighted by Gasteiger charge is -2.37. The monoisotopic (exact) mass is 563 g/mol. The van der Waals surface area contributed by atoms with Crippen molar-refractivity contribution in [3.05, 3.63) is 11.6 Å². The minimum absolute atomic E-state index is 0. The number of aliphatic hydroxyl groups excluding tert-OH is 1. The number of halogens is 1. The van der Waals surface area contributed by atoms with Crippen LogP contribution in [-0.4, -0.2) is 83.3 Å². The second-order valence-corrected chi connectivity index (χ2v) is 9.01. The van der Waals surface area contributed by atoms with E-state index in [1.807, 2.05) is 18.5 Å². The summed E-state index contributed by atoms with van der Waals surface area (Å²) in [5.74, 6) is 2.57. The van der Waals surface area contributed by atoms with Gasteiger partial charge in [0.25, 0.3) is 0 Å². The van der Waals surface area contributed by atoms with E-state index in [2.05, 4.69) is 25.7 Å². The largest absolute Gasteiger partial charge is 0.396 e. The summed E-state index contributed by atoms with van der Waals surface area (Å²) in [5, 5.41) is 25.1. The molecule has 0 radical (unpaired) electrons. The lowest BCUT2D eigenvalue weighted by atomic mass is 9.72. The van der Waals surface area contributed by atoms with Crippen LogP contribution in [0.4, 0.5) is 0 Å². The number of hydrogen-bond donors (Lipinski definition) is 3. The number of nitrogens with zero attached hydrogens (tertiary/aromatic N) is 5. The summed E-state index contributed by atoms with van der Waals surface area (Å²) in [7, 11) is 1.97. The number of aromatic nitrogens is 3. The fourth-order valence-electron chi connectivity index (χ4n) is 4.57. The van der Waals surface area contributed by atoms with Crippen LogP contribution in [0.5, 0.6) is 0 Å². The number of aliphatic hydroxyl groups is 1. The van der Waals surface area contributed by atoms with E-state index in [1.165, 1.54) is 32.1 Å². The van der Waals surface area contributed by atoms with Gasteiger partial charge in [0.05, 0.1) is 13.2 Å². The number of morpholine rings is 1. The van der Waals surface area contributed by atoms with E-state index in [4.69, 9.17) is 9.73 Å². The van der Waals surface area contributed by atoms with Crippen LogP contribution in [-0.2, 0) is 18.3 Å². The molecule has 0 unspecified atom stereocenters. The van der Waals surface area contributed by atoms with Crippen molar-refractivity contribution in [2.75, 3.05) is 52.5 Å². The zero-order chi connectivity index (χ0) is 21.9. The lowest BCUT2D eigenvalue weighted by molar-refractivity contribution is 0.0376. The second-order valence-electron chi connectivity index (χ2n) is 9.01. The van der Waals surface area contributed by atoms with Gasteiger partial charge in [0.15, 0.2) is 11.8 Å². The van der Waals surface area contributed by atoms with Crippen LogP contribution in [0.25, 0.3) is 0 Å². The van der Waals surface area contributed by atoms with Crippen molar-refractivity contribution < 1.29 is 9.84 Å². The number of rotatable bonds is 10. The molecule has 0 atom stereocenters. The van der Waals surface area contributed by atoms with E-state index >= 15 is 0 Å². The van der Waals surface area contributed by atoms with E-state index < -0.39 is 0 Å². The van der Waals surface area contributed by atoms with Crippen molar-refractivity contribution in [1.29, 1.82) is 0 Å². The normalized spacial score (nSPS) is 19.4.